The minimum absolute atomic E-state index is 0.0602. The van der Waals surface area contributed by atoms with Crippen molar-refractivity contribution in [2.45, 2.75) is 20.3 Å². The zero-order chi connectivity index (χ0) is 15.8. The molecule has 0 N–H and O–H groups in total. The van der Waals surface area contributed by atoms with Gasteiger partial charge in [0.25, 0.3) is 0 Å². The molecule has 5 nitrogen and oxygen atoms in total. The van der Waals surface area contributed by atoms with Crippen molar-refractivity contribution in [2.24, 2.45) is 0 Å². The summed E-state index contributed by atoms with van der Waals surface area (Å²) in [6.07, 6.45) is 2.18. The Kier molecular flexibility index (Phi) is 6.28. The van der Waals surface area contributed by atoms with Gasteiger partial charge in [0.1, 0.15) is 23.1 Å². The number of rotatable bonds is 6. The monoisotopic (exact) mass is 289 g/mol. The number of nitrogens with zero attached hydrogens (tertiary/aromatic N) is 1. The van der Waals surface area contributed by atoms with Gasteiger partial charge in [-0.2, -0.15) is 5.26 Å². The maximum Gasteiger partial charge on any atom is 0.348 e. The number of carbonyl (C=O) groups is 1. The lowest BCUT2D eigenvalue weighted by atomic mass is 10.0. The summed E-state index contributed by atoms with van der Waals surface area (Å²) in [5, 5.41) is 9.13. The summed E-state index contributed by atoms with van der Waals surface area (Å²) in [7, 11) is 3.08. The van der Waals surface area contributed by atoms with Crippen molar-refractivity contribution < 1.29 is 19.0 Å². The summed E-state index contributed by atoms with van der Waals surface area (Å²) in [4.78, 5) is 11.8. The highest BCUT2D eigenvalue weighted by atomic mass is 16.5. The Bertz CT molecular complexity index is 585. The van der Waals surface area contributed by atoms with Gasteiger partial charge in [-0.15, -0.1) is 0 Å². The Hall–Kier alpha value is -2.48. The Morgan fingerprint density at radius 3 is 2.57 bits per heavy atom. The standard InChI is InChI=1S/C16H19NO4/c1-5-6-21-16(18)12(10-17)8-14-11(2)7-13(19-3)9-15(14)20-4/h7-9H,5-6H2,1-4H3. The largest absolute Gasteiger partial charge is 0.497 e. The molecule has 1 rings (SSSR count). The normalized spacial score (nSPS) is 10.7. The predicted molar refractivity (Wildman–Crippen MR) is 79.1 cm³/mol. The third-order valence-corrected chi connectivity index (χ3v) is 2.84. The smallest absolute Gasteiger partial charge is 0.348 e. The number of aryl methyl sites for hydroxylation is 1. The maximum atomic E-state index is 11.8. The first-order valence-corrected chi connectivity index (χ1v) is 6.58. The second kappa shape index (κ2) is 7.95. The zero-order valence-corrected chi connectivity index (χ0v) is 12.7. The third kappa shape index (κ3) is 4.25. The topological polar surface area (TPSA) is 68.6 Å². The minimum atomic E-state index is -0.628. The van der Waals surface area contributed by atoms with Crippen molar-refractivity contribution in [1.29, 1.82) is 5.26 Å². The van der Waals surface area contributed by atoms with Crippen LogP contribution in [-0.4, -0.2) is 26.8 Å². The fourth-order valence-electron chi connectivity index (χ4n) is 1.76. The lowest BCUT2D eigenvalue weighted by Crippen LogP contribution is -2.07. The van der Waals surface area contributed by atoms with Crippen molar-refractivity contribution in [1.82, 2.24) is 0 Å². The van der Waals surface area contributed by atoms with Crippen molar-refractivity contribution in [3.63, 3.8) is 0 Å². The molecule has 0 aliphatic rings. The molecule has 0 aliphatic heterocycles. The molecule has 0 heterocycles. The molecular weight excluding hydrogens is 270 g/mol. The van der Waals surface area contributed by atoms with Gasteiger partial charge in [0.15, 0.2) is 0 Å². The first kappa shape index (κ1) is 16.6. The molecule has 0 saturated carbocycles. The molecule has 5 heteroatoms. The van der Waals surface area contributed by atoms with Gasteiger partial charge in [-0.25, -0.2) is 4.79 Å². The molecular formula is C16H19NO4. The molecule has 0 amide bonds. The fourth-order valence-corrected chi connectivity index (χ4v) is 1.76. The van der Waals surface area contributed by atoms with E-state index in [1.807, 2.05) is 19.9 Å². The quantitative estimate of drug-likeness (QED) is 0.457. The van der Waals surface area contributed by atoms with Crippen LogP contribution < -0.4 is 9.47 Å². The Labute approximate surface area is 124 Å². The van der Waals surface area contributed by atoms with Crippen molar-refractivity contribution in [3.05, 3.63) is 28.8 Å². The average Bonchev–Trinajstić information content (AvgIpc) is 2.50. The maximum absolute atomic E-state index is 11.8. The molecule has 1 aromatic carbocycles. The van der Waals surface area contributed by atoms with Crippen LogP contribution in [0.4, 0.5) is 0 Å². The lowest BCUT2D eigenvalue weighted by molar-refractivity contribution is -0.138. The predicted octanol–water partition coefficient (Wildman–Crippen LogP) is 2.87. The number of carbonyl (C=O) groups excluding carboxylic acids is 1. The van der Waals surface area contributed by atoms with Crippen LogP contribution in [0, 0.1) is 18.3 Å². The molecule has 0 bridgehead atoms. The number of nitriles is 1. The molecule has 0 unspecified atom stereocenters. The van der Waals surface area contributed by atoms with E-state index in [0.717, 1.165) is 5.56 Å². The Morgan fingerprint density at radius 2 is 2.05 bits per heavy atom. The highest BCUT2D eigenvalue weighted by Gasteiger charge is 2.14. The minimum Gasteiger partial charge on any atom is -0.497 e. The van der Waals surface area contributed by atoms with E-state index in [4.69, 9.17) is 19.5 Å². The van der Waals surface area contributed by atoms with Gasteiger partial charge in [-0.05, 0) is 31.1 Å². The van der Waals surface area contributed by atoms with Crippen LogP contribution in [-0.2, 0) is 9.53 Å². The first-order chi connectivity index (χ1) is 10.1. The van der Waals surface area contributed by atoms with Crippen LogP contribution in [0.1, 0.15) is 24.5 Å². The summed E-state index contributed by atoms with van der Waals surface area (Å²) >= 11 is 0. The fraction of sp³-hybridized carbons (Fsp3) is 0.375. The van der Waals surface area contributed by atoms with Gasteiger partial charge in [0, 0.05) is 11.6 Å². The van der Waals surface area contributed by atoms with Crippen LogP contribution in [0.15, 0.2) is 17.7 Å². The Balaban J connectivity index is 3.22. The second-order valence-corrected chi connectivity index (χ2v) is 4.37. The lowest BCUT2D eigenvalue weighted by Gasteiger charge is -2.11. The van der Waals surface area contributed by atoms with Gasteiger partial charge in [0.2, 0.25) is 0 Å². The summed E-state index contributed by atoms with van der Waals surface area (Å²) in [5.74, 6) is 0.549. The Morgan fingerprint density at radius 1 is 1.33 bits per heavy atom. The van der Waals surface area contributed by atoms with E-state index in [2.05, 4.69) is 0 Å². The van der Waals surface area contributed by atoms with Gasteiger partial charge < -0.3 is 14.2 Å². The summed E-state index contributed by atoms with van der Waals surface area (Å²) in [6.45, 7) is 4.03. The molecule has 0 atom stereocenters. The average molecular weight is 289 g/mol. The summed E-state index contributed by atoms with van der Waals surface area (Å²) in [6, 6.07) is 5.37. The molecule has 21 heavy (non-hydrogen) atoms. The summed E-state index contributed by atoms with van der Waals surface area (Å²) in [5.41, 5.74) is 1.43. The number of hydrogen-bond donors (Lipinski definition) is 0. The van der Waals surface area contributed by atoms with E-state index in [-0.39, 0.29) is 12.2 Å². The van der Waals surface area contributed by atoms with E-state index >= 15 is 0 Å². The third-order valence-electron chi connectivity index (χ3n) is 2.84. The van der Waals surface area contributed by atoms with Gasteiger partial charge in [-0.1, -0.05) is 6.92 Å². The SMILES string of the molecule is CCCOC(=O)C(C#N)=Cc1c(C)cc(OC)cc1OC. The van der Waals surface area contributed by atoms with Crippen molar-refractivity contribution >= 4 is 12.0 Å². The van der Waals surface area contributed by atoms with E-state index in [1.165, 1.54) is 13.2 Å². The molecule has 0 saturated heterocycles. The van der Waals surface area contributed by atoms with Crippen LogP contribution in [0.5, 0.6) is 11.5 Å². The van der Waals surface area contributed by atoms with Crippen molar-refractivity contribution in [3.8, 4) is 17.6 Å². The number of benzene rings is 1. The molecule has 0 aliphatic carbocycles. The highest BCUT2D eigenvalue weighted by Crippen LogP contribution is 2.30. The van der Waals surface area contributed by atoms with Gasteiger partial charge >= 0.3 is 5.97 Å². The molecule has 1 aromatic rings. The van der Waals surface area contributed by atoms with E-state index in [0.29, 0.717) is 23.5 Å². The van der Waals surface area contributed by atoms with Crippen LogP contribution in [0.25, 0.3) is 6.08 Å². The second-order valence-electron chi connectivity index (χ2n) is 4.37. The van der Waals surface area contributed by atoms with Crippen LogP contribution in [0.2, 0.25) is 0 Å². The number of ether oxygens (including phenoxy) is 3. The van der Waals surface area contributed by atoms with Gasteiger partial charge in [0.05, 0.1) is 20.8 Å². The molecule has 0 aromatic heterocycles. The molecule has 0 spiro atoms. The van der Waals surface area contributed by atoms with Crippen LogP contribution in [0.3, 0.4) is 0 Å². The molecule has 0 radical (unpaired) electrons. The van der Waals surface area contributed by atoms with E-state index < -0.39 is 5.97 Å². The zero-order valence-electron chi connectivity index (χ0n) is 12.7. The number of methoxy groups -OCH3 is 2. The van der Waals surface area contributed by atoms with E-state index in [1.54, 1.807) is 19.2 Å². The number of hydrogen-bond acceptors (Lipinski definition) is 5. The number of esters is 1. The van der Waals surface area contributed by atoms with Crippen molar-refractivity contribution in [2.75, 3.05) is 20.8 Å². The van der Waals surface area contributed by atoms with E-state index in [9.17, 15) is 4.79 Å². The van der Waals surface area contributed by atoms with Crippen LogP contribution >= 0.6 is 0 Å². The van der Waals surface area contributed by atoms with Gasteiger partial charge in [-0.3, -0.25) is 0 Å². The molecule has 0 fully saturated rings. The first-order valence-electron chi connectivity index (χ1n) is 6.58. The molecule has 112 valence electrons. The highest BCUT2D eigenvalue weighted by molar-refractivity contribution is 5.98. The summed E-state index contributed by atoms with van der Waals surface area (Å²) < 4.78 is 15.4.